The first-order chi connectivity index (χ1) is 15.7. The second-order valence-corrected chi connectivity index (χ2v) is 8.19. The molecule has 1 amide bonds. The summed E-state index contributed by atoms with van der Waals surface area (Å²) in [4.78, 5) is 17.2. The SMILES string of the molecule is O=C(COc1ccc2ccccc2c1)Nc1cccc(-c2csc(-c3ccccc3)n2)c1. The highest BCUT2D eigenvalue weighted by molar-refractivity contribution is 7.13. The van der Waals surface area contributed by atoms with Crippen LogP contribution in [0, 0.1) is 0 Å². The van der Waals surface area contributed by atoms with E-state index in [1.807, 2.05) is 90.3 Å². The van der Waals surface area contributed by atoms with Crippen LogP contribution in [-0.4, -0.2) is 17.5 Å². The summed E-state index contributed by atoms with van der Waals surface area (Å²) in [5.74, 6) is 0.460. The summed E-state index contributed by atoms with van der Waals surface area (Å²) in [7, 11) is 0. The van der Waals surface area contributed by atoms with Crippen molar-refractivity contribution in [2.24, 2.45) is 0 Å². The third kappa shape index (κ3) is 4.53. The Bertz CT molecular complexity index is 1380. The average Bonchev–Trinajstić information content (AvgIpc) is 3.34. The molecule has 0 aliphatic rings. The van der Waals surface area contributed by atoms with Gasteiger partial charge in [-0.15, -0.1) is 11.3 Å². The van der Waals surface area contributed by atoms with E-state index in [1.54, 1.807) is 11.3 Å². The number of ether oxygens (including phenoxy) is 1. The summed E-state index contributed by atoms with van der Waals surface area (Å²) in [6.45, 7) is -0.0581. The average molecular weight is 437 g/mol. The number of thiazole rings is 1. The Labute approximate surface area is 190 Å². The number of rotatable bonds is 6. The van der Waals surface area contributed by atoms with Crippen LogP contribution in [-0.2, 0) is 4.79 Å². The van der Waals surface area contributed by atoms with Gasteiger partial charge in [0.25, 0.3) is 5.91 Å². The van der Waals surface area contributed by atoms with E-state index in [0.29, 0.717) is 11.4 Å². The molecule has 32 heavy (non-hydrogen) atoms. The van der Waals surface area contributed by atoms with Gasteiger partial charge in [0.15, 0.2) is 6.61 Å². The van der Waals surface area contributed by atoms with Crippen molar-refractivity contribution in [3.05, 3.63) is 102 Å². The summed E-state index contributed by atoms with van der Waals surface area (Å²) in [5.41, 5.74) is 3.65. The molecule has 1 aromatic heterocycles. The molecule has 0 radical (unpaired) electrons. The molecule has 1 heterocycles. The van der Waals surface area contributed by atoms with Gasteiger partial charge in [-0.05, 0) is 35.0 Å². The molecule has 4 nitrogen and oxygen atoms in total. The van der Waals surface area contributed by atoms with Crippen molar-refractivity contribution in [1.82, 2.24) is 4.98 Å². The fourth-order valence-corrected chi connectivity index (χ4v) is 4.31. The van der Waals surface area contributed by atoms with E-state index in [4.69, 9.17) is 9.72 Å². The summed E-state index contributed by atoms with van der Waals surface area (Å²) in [5, 5.41) is 8.13. The molecule has 5 heteroatoms. The van der Waals surface area contributed by atoms with Crippen molar-refractivity contribution in [1.29, 1.82) is 0 Å². The second-order valence-electron chi connectivity index (χ2n) is 7.33. The monoisotopic (exact) mass is 436 g/mol. The predicted octanol–water partition coefficient (Wildman–Crippen LogP) is 6.65. The zero-order chi connectivity index (χ0) is 21.8. The lowest BCUT2D eigenvalue weighted by Crippen LogP contribution is -2.20. The molecule has 0 bridgehead atoms. The lowest BCUT2D eigenvalue weighted by atomic mass is 10.1. The van der Waals surface area contributed by atoms with Crippen LogP contribution < -0.4 is 10.1 Å². The number of amides is 1. The molecule has 0 saturated heterocycles. The Balaban J connectivity index is 1.24. The van der Waals surface area contributed by atoms with Crippen molar-refractivity contribution in [2.75, 3.05) is 11.9 Å². The molecule has 0 aliphatic carbocycles. The summed E-state index contributed by atoms with van der Waals surface area (Å²) < 4.78 is 5.69. The van der Waals surface area contributed by atoms with Gasteiger partial charge in [0.05, 0.1) is 5.69 Å². The van der Waals surface area contributed by atoms with Crippen molar-refractivity contribution in [3.63, 3.8) is 0 Å². The predicted molar refractivity (Wildman–Crippen MR) is 131 cm³/mol. The summed E-state index contributed by atoms with van der Waals surface area (Å²) in [6.07, 6.45) is 0. The number of anilines is 1. The van der Waals surface area contributed by atoms with E-state index < -0.39 is 0 Å². The molecular weight excluding hydrogens is 416 g/mol. The molecule has 156 valence electrons. The molecule has 4 aromatic carbocycles. The highest BCUT2D eigenvalue weighted by Crippen LogP contribution is 2.30. The minimum absolute atomic E-state index is 0.0581. The van der Waals surface area contributed by atoms with Crippen LogP contribution >= 0.6 is 11.3 Å². The maximum Gasteiger partial charge on any atom is 0.262 e. The Hall–Kier alpha value is -3.96. The Kier molecular flexibility index (Phi) is 5.64. The molecular formula is C27H20N2O2S. The van der Waals surface area contributed by atoms with Crippen LogP contribution in [0.1, 0.15) is 0 Å². The van der Waals surface area contributed by atoms with Crippen LogP contribution in [0.15, 0.2) is 102 Å². The largest absolute Gasteiger partial charge is 0.484 e. The summed E-state index contributed by atoms with van der Waals surface area (Å²) in [6, 6.07) is 31.7. The molecule has 0 unspecified atom stereocenters. The zero-order valence-electron chi connectivity index (χ0n) is 17.2. The lowest BCUT2D eigenvalue weighted by molar-refractivity contribution is -0.118. The van der Waals surface area contributed by atoms with E-state index in [1.165, 1.54) is 0 Å². The van der Waals surface area contributed by atoms with Gasteiger partial charge in [0.2, 0.25) is 0 Å². The van der Waals surface area contributed by atoms with Crippen LogP contribution in [0.5, 0.6) is 5.75 Å². The van der Waals surface area contributed by atoms with Crippen molar-refractivity contribution in [2.45, 2.75) is 0 Å². The molecule has 5 rings (SSSR count). The van der Waals surface area contributed by atoms with Gasteiger partial charge < -0.3 is 10.1 Å². The molecule has 0 spiro atoms. The molecule has 0 fully saturated rings. The van der Waals surface area contributed by atoms with Crippen LogP contribution in [0.4, 0.5) is 5.69 Å². The maximum absolute atomic E-state index is 12.4. The fourth-order valence-electron chi connectivity index (χ4n) is 3.48. The van der Waals surface area contributed by atoms with Gasteiger partial charge in [0, 0.05) is 22.2 Å². The number of carbonyl (C=O) groups excluding carboxylic acids is 1. The normalized spacial score (nSPS) is 10.8. The van der Waals surface area contributed by atoms with Crippen LogP contribution in [0.3, 0.4) is 0 Å². The lowest BCUT2D eigenvalue weighted by Gasteiger charge is -2.09. The van der Waals surface area contributed by atoms with E-state index in [0.717, 1.165) is 32.6 Å². The van der Waals surface area contributed by atoms with E-state index in [2.05, 4.69) is 17.4 Å². The van der Waals surface area contributed by atoms with Crippen molar-refractivity contribution >= 4 is 33.7 Å². The topological polar surface area (TPSA) is 51.2 Å². The zero-order valence-corrected chi connectivity index (χ0v) is 18.0. The number of aromatic nitrogens is 1. The number of hydrogen-bond acceptors (Lipinski definition) is 4. The number of fused-ring (bicyclic) bond motifs is 1. The van der Waals surface area contributed by atoms with Gasteiger partial charge in [-0.1, -0.05) is 72.8 Å². The fraction of sp³-hybridized carbons (Fsp3) is 0.0370. The van der Waals surface area contributed by atoms with Gasteiger partial charge in [-0.2, -0.15) is 0 Å². The second kappa shape index (κ2) is 9.04. The van der Waals surface area contributed by atoms with Gasteiger partial charge in [0.1, 0.15) is 10.8 Å². The smallest absolute Gasteiger partial charge is 0.262 e. The number of benzene rings is 4. The maximum atomic E-state index is 12.4. The molecule has 0 aliphatic heterocycles. The minimum atomic E-state index is -0.210. The Morgan fingerprint density at radius 3 is 2.47 bits per heavy atom. The first kappa shape index (κ1) is 20.0. The summed E-state index contributed by atoms with van der Waals surface area (Å²) >= 11 is 1.61. The number of hydrogen-bond donors (Lipinski definition) is 1. The number of nitrogens with zero attached hydrogens (tertiary/aromatic N) is 1. The number of carbonyl (C=O) groups is 1. The van der Waals surface area contributed by atoms with E-state index in [9.17, 15) is 4.79 Å². The number of nitrogens with one attached hydrogen (secondary N) is 1. The Morgan fingerprint density at radius 1 is 0.812 bits per heavy atom. The van der Waals surface area contributed by atoms with E-state index >= 15 is 0 Å². The van der Waals surface area contributed by atoms with Gasteiger partial charge in [-0.3, -0.25) is 4.79 Å². The molecule has 0 saturated carbocycles. The standard InChI is InChI=1S/C27H20N2O2S/c30-26(17-31-24-14-13-19-7-4-5-10-21(19)16-24)28-23-12-6-11-22(15-23)25-18-32-27(29-25)20-8-2-1-3-9-20/h1-16,18H,17H2,(H,28,30). The van der Waals surface area contributed by atoms with Gasteiger partial charge in [-0.25, -0.2) is 4.98 Å². The third-order valence-corrected chi connectivity index (χ3v) is 5.95. The Morgan fingerprint density at radius 2 is 1.59 bits per heavy atom. The third-order valence-electron chi connectivity index (χ3n) is 5.06. The molecule has 1 N–H and O–H groups in total. The minimum Gasteiger partial charge on any atom is -0.484 e. The first-order valence-electron chi connectivity index (χ1n) is 10.3. The highest BCUT2D eigenvalue weighted by atomic mass is 32.1. The van der Waals surface area contributed by atoms with E-state index in [-0.39, 0.29) is 12.5 Å². The first-order valence-corrected chi connectivity index (χ1v) is 11.2. The van der Waals surface area contributed by atoms with Crippen molar-refractivity contribution < 1.29 is 9.53 Å². The quantitative estimate of drug-likeness (QED) is 0.324. The molecule has 0 atom stereocenters. The van der Waals surface area contributed by atoms with Crippen LogP contribution in [0.2, 0.25) is 0 Å². The van der Waals surface area contributed by atoms with Crippen molar-refractivity contribution in [3.8, 4) is 27.6 Å². The van der Waals surface area contributed by atoms with Gasteiger partial charge >= 0.3 is 0 Å². The van der Waals surface area contributed by atoms with Crippen LogP contribution in [0.25, 0.3) is 32.6 Å². The highest BCUT2D eigenvalue weighted by Gasteiger charge is 2.09. The molecule has 5 aromatic rings.